The Kier molecular flexibility index (Phi) is 4.97. The van der Waals surface area contributed by atoms with Crippen LogP contribution in [0.5, 0.6) is 5.75 Å². The number of ether oxygens (including phenoxy) is 1. The van der Waals surface area contributed by atoms with E-state index < -0.39 is 0 Å². The van der Waals surface area contributed by atoms with Gasteiger partial charge in [0.05, 0.1) is 12.1 Å². The summed E-state index contributed by atoms with van der Waals surface area (Å²) in [6.07, 6.45) is 0. The largest absolute Gasteiger partial charge is 0.495 e. The van der Waals surface area contributed by atoms with Crippen molar-refractivity contribution in [2.45, 2.75) is 6.54 Å². The van der Waals surface area contributed by atoms with E-state index in [2.05, 4.69) is 21.2 Å². The first kappa shape index (κ1) is 14.5. The number of anilines is 1. The summed E-state index contributed by atoms with van der Waals surface area (Å²) in [5.74, 6) is 0.649. The van der Waals surface area contributed by atoms with Crippen LogP contribution in [0.4, 0.5) is 5.69 Å². The molecule has 0 amide bonds. The van der Waals surface area contributed by atoms with Crippen molar-refractivity contribution >= 4 is 44.8 Å². The number of halogens is 3. The Bertz CT molecular complexity index is 572. The van der Waals surface area contributed by atoms with Crippen LogP contribution >= 0.6 is 39.1 Å². The minimum absolute atomic E-state index is 0.516. The van der Waals surface area contributed by atoms with Crippen molar-refractivity contribution in [2.24, 2.45) is 0 Å². The van der Waals surface area contributed by atoms with E-state index in [4.69, 9.17) is 27.9 Å². The summed E-state index contributed by atoms with van der Waals surface area (Å²) in [6.45, 7) is 0.588. The molecular formula is C14H12BrCl2NO. The highest BCUT2D eigenvalue weighted by Gasteiger charge is 2.09. The standard InChI is InChI=1S/C14H12BrCl2NO/c1-19-14-9(6-11(16)7-13(14)17)8-18-12-4-2-10(15)3-5-12/h2-7,18H,8H2,1H3. The highest BCUT2D eigenvalue weighted by Crippen LogP contribution is 2.32. The van der Waals surface area contributed by atoms with Gasteiger partial charge < -0.3 is 10.1 Å². The van der Waals surface area contributed by atoms with Crippen molar-refractivity contribution < 1.29 is 4.74 Å². The Morgan fingerprint density at radius 3 is 2.47 bits per heavy atom. The van der Waals surface area contributed by atoms with Crippen molar-refractivity contribution in [3.05, 3.63) is 56.5 Å². The van der Waals surface area contributed by atoms with Crippen molar-refractivity contribution in [3.63, 3.8) is 0 Å². The Hall–Kier alpha value is -0.900. The van der Waals surface area contributed by atoms with Gasteiger partial charge in [-0.1, -0.05) is 39.1 Å². The lowest BCUT2D eigenvalue weighted by molar-refractivity contribution is 0.410. The third-order valence-corrected chi connectivity index (χ3v) is 3.64. The molecule has 0 aliphatic heterocycles. The van der Waals surface area contributed by atoms with Gasteiger partial charge in [-0.05, 0) is 36.4 Å². The molecule has 0 atom stereocenters. The highest BCUT2D eigenvalue weighted by atomic mass is 79.9. The topological polar surface area (TPSA) is 21.3 Å². The van der Waals surface area contributed by atoms with E-state index in [9.17, 15) is 0 Å². The van der Waals surface area contributed by atoms with Gasteiger partial charge in [-0.2, -0.15) is 0 Å². The number of benzene rings is 2. The minimum Gasteiger partial charge on any atom is -0.495 e. The molecule has 0 saturated carbocycles. The van der Waals surface area contributed by atoms with Crippen LogP contribution in [-0.2, 0) is 6.54 Å². The van der Waals surface area contributed by atoms with Crippen LogP contribution in [0.15, 0.2) is 40.9 Å². The van der Waals surface area contributed by atoms with Crippen molar-refractivity contribution in [2.75, 3.05) is 12.4 Å². The van der Waals surface area contributed by atoms with Crippen molar-refractivity contribution in [3.8, 4) is 5.75 Å². The smallest absolute Gasteiger partial charge is 0.142 e. The van der Waals surface area contributed by atoms with E-state index in [1.165, 1.54) is 0 Å². The molecule has 0 radical (unpaired) electrons. The van der Waals surface area contributed by atoms with Gasteiger partial charge in [-0.3, -0.25) is 0 Å². The molecule has 2 aromatic rings. The lowest BCUT2D eigenvalue weighted by Crippen LogP contribution is -2.02. The van der Waals surface area contributed by atoms with Crippen molar-refractivity contribution in [1.82, 2.24) is 0 Å². The predicted molar refractivity (Wildman–Crippen MR) is 84.5 cm³/mol. The molecule has 2 nitrogen and oxygen atoms in total. The molecule has 0 spiro atoms. The van der Waals surface area contributed by atoms with Gasteiger partial charge in [-0.15, -0.1) is 0 Å². The van der Waals surface area contributed by atoms with Gasteiger partial charge in [0, 0.05) is 27.3 Å². The maximum absolute atomic E-state index is 6.09. The van der Waals surface area contributed by atoms with Crippen LogP contribution in [0.2, 0.25) is 10.0 Å². The van der Waals surface area contributed by atoms with E-state index in [1.54, 1.807) is 13.2 Å². The lowest BCUT2D eigenvalue weighted by Gasteiger charge is -2.12. The molecule has 2 aromatic carbocycles. The predicted octanol–water partition coefficient (Wildman–Crippen LogP) is 5.38. The Labute approximate surface area is 130 Å². The SMILES string of the molecule is COc1c(Cl)cc(Cl)cc1CNc1ccc(Br)cc1. The maximum Gasteiger partial charge on any atom is 0.142 e. The van der Waals surface area contributed by atoms with E-state index in [-0.39, 0.29) is 0 Å². The fraction of sp³-hybridized carbons (Fsp3) is 0.143. The molecule has 5 heteroatoms. The second-order valence-electron chi connectivity index (χ2n) is 3.94. The van der Waals surface area contributed by atoms with Gasteiger partial charge in [0.1, 0.15) is 5.75 Å². The molecule has 0 saturated heterocycles. The molecule has 2 rings (SSSR count). The molecule has 19 heavy (non-hydrogen) atoms. The quantitative estimate of drug-likeness (QED) is 0.790. The number of methoxy groups -OCH3 is 1. The third-order valence-electron chi connectivity index (χ3n) is 2.62. The molecule has 100 valence electrons. The summed E-state index contributed by atoms with van der Waals surface area (Å²) >= 11 is 15.5. The minimum atomic E-state index is 0.516. The molecule has 0 unspecified atom stereocenters. The van der Waals surface area contributed by atoms with Gasteiger partial charge >= 0.3 is 0 Å². The average Bonchev–Trinajstić information content (AvgIpc) is 2.37. The van der Waals surface area contributed by atoms with Crippen LogP contribution < -0.4 is 10.1 Å². The maximum atomic E-state index is 6.09. The second-order valence-corrected chi connectivity index (χ2v) is 5.70. The fourth-order valence-corrected chi connectivity index (χ4v) is 2.62. The fourth-order valence-electron chi connectivity index (χ4n) is 1.74. The Morgan fingerprint density at radius 2 is 1.84 bits per heavy atom. The third kappa shape index (κ3) is 3.78. The summed E-state index contributed by atoms with van der Waals surface area (Å²) in [5.41, 5.74) is 1.93. The van der Waals surface area contributed by atoms with Gasteiger partial charge in [0.25, 0.3) is 0 Å². The van der Waals surface area contributed by atoms with Gasteiger partial charge in [0.2, 0.25) is 0 Å². The zero-order chi connectivity index (χ0) is 13.8. The van der Waals surface area contributed by atoms with E-state index in [0.717, 1.165) is 15.7 Å². The second kappa shape index (κ2) is 6.51. The highest BCUT2D eigenvalue weighted by molar-refractivity contribution is 9.10. The van der Waals surface area contributed by atoms with Crippen LogP contribution in [0, 0.1) is 0 Å². The summed E-state index contributed by atoms with van der Waals surface area (Å²) in [6, 6.07) is 11.4. The molecular weight excluding hydrogens is 349 g/mol. The van der Waals surface area contributed by atoms with Crippen LogP contribution in [0.3, 0.4) is 0 Å². The Morgan fingerprint density at radius 1 is 1.16 bits per heavy atom. The molecule has 0 aliphatic rings. The summed E-state index contributed by atoms with van der Waals surface area (Å²) in [7, 11) is 1.60. The van der Waals surface area contributed by atoms with Crippen LogP contribution in [0.1, 0.15) is 5.56 Å². The van der Waals surface area contributed by atoms with Crippen LogP contribution in [-0.4, -0.2) is 7.11 Å². The summed E-state index contributed by atoms with van der Waals surface area (Å²) < 4.78 is 6.34. The summed E-state index contributed by atoms with van der Waals surface area (Å²) in [5, 5.41) is 4.41. The molecule has 1 N–H and O–H groups in total. The van der Waals surface area contributed by atoms with E-state index in [1.807, 2.05) is 30.3 Å². The van der Waals surface area contributed by atoms with Gasteiger partial charge in [-0.25, -0.2) is 0 Å². The molecule has 0 bridgehead atoms. The first-order valence-electron chi connectivity index (χ1n) is 5.61. The monoisotopic (exact) mass is 359 g/mol. The lowest BCUT2D eigenvalue weighted by atomic mass is 10.2. The summed E-state index contributed by atoms with van der Waals surface area (Å²) in [4.78, 5) is 0. The zero-order valence-electron chi connectivity index (χ0n) is 10.2. The zero-order valence-corrected chi connectivity index (χ0v) is 13.3. The number of rotatable bonds is 4. The Balaban J connectivity index is 2.17. The van der Waals surface area contributed by atoms with E-state index in [0.29, 0.717) is 22.3 Å². The normalized spacial score (nSPS) is 10.3. The first-order valence-corrected chi connectivity index (χ1v) is 7.16. The van der Waals surface area contributed by atoms with E-state index >= 15 is 0 Å². The molecule has 0 heterocycles. The van der Waals surface area contributed by atoms with Crippen LogP contribution in [0.25, 0.3) is 0 Å². The molecule has 0 aliphatic carbocycles. The molecule has 0 aromatic heterocycles. The number of hydrogen-bond acceptors (Lipinski definition) is 2. The molecule has 0 fully saturated rings. The first-order chi connectivity index (χ1) is 9.10. The number of nitrogens with one attached hydrogen (secondary N) is 1. The number of hydrogen-bond donors (Lipinski definition) is 1. The average molecular weight is 361 g/mol. The van der Waals surface area contributed by atoms with Gasteiger partial charge in [0.15, 0.2) is 0 Å². The van der Waals surface area contributed by atoms with Crippen molar-refractivity contribution in [1.29, 1.82) is 0 Å².